The number of rotatable bonds is 2. The highest BCUT2D eigenvalue weighted by Gasteiger charge is 2.25. The van der Waals surface area contributed by atoms with Gasteiger partial charge >= 0.3 is 0 Å². The molecular weight excluding hydrogens is 252 g/mol. The molecule has 1 aliphatic heterocycles. The molecule has 1 aliphatic rings. The maximum atomic E-state index is 9.50. The van der Waals surface area contributed by atoms with E-state index in [2.05, 4.69) is 11.1 Å². The fourth-order valence-electron chi connectivity index (χ4n) is 2.14. The molecule has 1 unspecified atom stereocenters. The molecule has 3 heterocycles. The van der Waals surface area contributed by atoms with E-state index in [1.165, 1.54) is 11.3 Å². The molecule has 0 saturated carbocycles. The zero-order chi connectivity index (χ0) is 12.5. The number of ether oxygens (including phenoxy) is 1. The van der Waals surface area contributed by atoms with E-state index in [-0.39, 0.29) is 6.61 Å². The number of aromatic nitrogens is 2. The van der Waals surface area contributed by atoms with Crippen molar-refractivity contribution in [1.82, 2.24) is 9.38 Å². The largest absolute Gasteiger partial charge is 0.390 e. The van der Waals surface area contributed by atoms with E-state index in [4.69, 9.17) is 10.00 Å². The van der Waals surface area contributed by atoms with Crippen LogP contribution in [0.5, 0.6) is 0 Å². The number of hydrogen-bond acceptors (Lipinski definition) is 6. The van der Waals surface area contributed by atoms with E-state index in [0.29, 0.717) is 19.7 Å². The van der Waals surface area contributed by atoms with E-state index in [9.17, 15) is 5.11 Å². The molecule has 3 rings (SSSR count). The Kier molecular flexibility index (Phi) is 2.91. The smallest absolute Gasteiger partial charge is 0.195 e. The van der Waals surface area contributed by atoms with E-state index in [0.717, 1.165) is 16.5 Å². The summed E-state index contributed by atoms with van der Waals surface area (Å²) >= 11 is 1.53. The predicted molar refractivity (Wildman–Crippen MR) is 66.6 cm³/mol. The Morgan fingerprint density at radius 3 is 3.33 bits per heavy atom. The van der Waals surface area contributed by atoms with Crippen molar-refractivity contribution in [2.45, 2.75) is 12.7 Å². The van der Waals surface area contributed by atoms with Crippen molar-refractivity contribution >= 4 is 22.1 Å². The normalized spacial score (nSPS) is 20.2. The molecule has 1 N–H and O–H groups in total. The molecular formula is C11H12N4O2S. The SMILES string of the molecule is N#CC1CN(c2nc3sccn3c2CO)CCO1. The number of morpholine rings is 1. The van der Waals surface area contributed by atoms with Gasteiger partial charge in [0, 0.05) is 18.1 Å². The van der Waals surface area contributed by atoms with E-state index < -0.39 is 6.10 Å². The van der Waals surface area contributed by atoms with Crippen LogP contribution in [0.25, 0.3) is 4.96 Å². The lowest BCUT2D eigenvalue weighted by molar-refractivity contribution is 0.0760. The second kappa shape index (κ2) is 4.57. The Morgan fingerprint density at radius 2 is 2.56 bits per heavy atom. The van der Waals surface area contributed by atoms with Gasteiger partial charge < -0.3 is 14.7 Å². The molecule has 1 saturated heterocycles. The summed E-state index contributed by atoms with van der Waals surface area (Å²) < 4.78 is 7.20. The number of aliphatic hydroxyl groups is 1. The van der Waals surface area contributed by atoms with Gasteiger partial charge in [-0.2, -0.15) is 5.26 Å². The summed E-state index contributed by atoms with van der Waals surface area (Å²) in [6.45, 7) is 1.63. The monoisotopic (exact) mass is 264 g/mol. The molecule has 1 fully saturated rings. The third kappa shape index (κ3) is 1.75. The van der Waals surface area contributed by atoms with Crippen LogP contribution in [0, 0.1) is 11.3 Å². The van der Waals surface area contributed by atoms with E-state index in [1.807, 2.05) is 20.9 Å². The highest BCUT2D eigenvalue weighted by Crippen LogP contribution is 2.26. The average molecular weight is 264 g/mol. The minimum Gasteiger partial charge on any atom is -0.390 e. The minimum absolute atomic E-state index is 0.0676. The molecule has 18 heavy (non-hydrogen) atoms. The average Bonchev–Trinajstić information content (AvgIpc) is 2.98. The number of thiazole rings is 1. The number of nitriles is 1. The molecule has 7 heteroatoms. The molecule has 0 spiro atoms. The lowest BCUT2D eigenvalue weighted by Gasteiger charge is -2.30. The van der Waals surface area contributed by atoms with Crippen molar-refractivity contribution < 1.29 is 9.84 Å². The van der Waals surface area contributed by atoms with Gasteiger partial charge in [-0.3, -0.25) is 4.40 Å². The van der Waals surface area contributed by atoms with Crippen molar-refractivity contribution in [2.75, 3.05) is 24.6 Å². The number of anilines is 1. The molecule has 6 nitrogen and oxygen atoms in total. The summed E-state index contributed by atoms with van der Waals surface area (Å²) in [7, 11) is 0. The van der Waals surface area contributed by atoms with Crippen LogP contribution in [0.4, 0.5) is 5.82 Å². The van der Waals surface area contributed by atoms with Crippen LogP contribution in [0.1, 0.15) is 5.69 Å². The van der Waals surface area contributed by atoms with Crippen LogP contribution in [-0.2, 0) is 11.3 Å². The number of aliphatic hydroxyl groups excluding tert-OH is 1. The second-order valence-electron chi connectivity index (χ2n) is 4.03. The van der Waals surface area contributed by atoms with Crippen molar-refractivity contribution in [1.29, 1.82) is 5.26 Å². The number of imidazole rings is 1. The van der Waals surface area contributed by atoms with Gasteiger partial charge in [0.15, 0.2) is 16.9 Å². The molecule has 0 aliphatic carbocycles. The summed E-state index contributed by atoms with van der Waals surface area (Å²) in [5.41, 5.74) is 0.768. The molecule has 2 aromatic rings. The Morgan fingerprint density at radius 1 is 1.67 bits per heavy atom. The highest BCUT2D eigenvalue weighted by atomic mass is 32.1. The Labute approximate surface area is 108 Å². The van der Waals surface area contributed by atoms with Crippen molar-refractivity contribution in [3.63, 3.8) is 0 Å². The summed E-state index contributed by atoms with van der Waals surface area (Å²) in [4.78, 5) is 7.38. The number of hydrogen-bond donors (Lipinski definition) is 1. The summed E-state index contributed by atoms with van der Waals surface area (Å²) in [5, 5.41) is 20.3. The lowest BCUT2D eigenvalue weighted by atomic mass is 10.3. The van der Waals surface area contributed by atoms with E-state index >= 15 is 0 Å². The van der Waals surface area contributed by atoms with E-state index in [1.54, 1.807) is 0 Å². The number of nitrogens with zero attached hydrogens (tertiary/aromatic N) is 4. The van der Waals surface area contributed by atoms with Gasteiger partial charge in [0.25, 0.3) is 0 Å². The summed E-state index contributed by atoms with van der Waals surface area (Å²) in [6, 6.07) is 2.11. The Hall–Kier alpha value is -1.62. The van der Waals surface area contributed by atoms with Crippen LogP contribution in [-0.4, -0.2) is 40.3 Å². The van der Waals surface area contributed by atoms with Crippen LogP contribution in [0.3, 0.4) is 0 Å². The minimum atomic E-state index is -0.426. The fraction of sp³-hybridized carbons (Fsp3) is 0.455. The maximum Gasteiger partial charge on any atom is 0.195 e. The molecule has 1 atom stereocenters. The van der Waals surface area contributed by atoms with Crippen LogP contribution in [0.2, 0.25) is 0 Å². The molecule has 94 valence electrons. The quantitative estimate of drug-likeness (QED) is 0.860. The van der Waals surface area contributed by atoms with Gasteiger partial charge in [-0.15, -0.1) is 11.3 Å². The number of fused-ring (bicyclic) bond motifs is 1. The first kappa shape index (κ1) is 11.5. The van der Waals surface area contributed by atoms with Crippen molar-refractivity contribution in [3.05, 3.63) is 17.3 Å². The van der Waals surface area contributed by atoms with Crippen LogP contribution in [0.15, 0.2) is 11.6 Å². The lowest BCUT2D eigenvalue weighted by Crippen LogP contribution is -2.42. The van der Waals surface area contributed by atoms with Crippen molar-refractivity contribution in [2.24, 2.45) is 0 Å². The van der Waals surface area contributed by atoms with Gasteiger partial charge in [0.1, 0.15) is 0 Å². The Balaban J connectivity index is 1.98. The highest BCUT2D eigenvalue weighted by molar-refractivity contribution is 7.15. The van der Waals surface area contributed by atoms with Gasteiger partial charge in [-0.25, -0.2) is 4.98 Å². The molecule has 0 amide bonds. The van der Waals surface area contributed by atoms with Crippen LogP contribution < -0.4 is 4.90 Å². The van der Waals surface area contributed by atoms with Gasteiger partial charge in [0.05, 0.1) is 31.5 Å². The fourth-order valence-corrected chi connectivity index (χ4v) is 2.87. The zero-order valence-electron chi connectivity index (χ0n) is 9.61. The first-order valence-corrected chi connectivity index (χ1v) is 6.53. The van der Waals surface area contributed by atoms with Crippen LogP contribution >= 0.6 is 11.3 Å². The van der Waals surface area contributed by atoms with Gasteiger partial charge in [-0.1, -0.05) is 0 Å². The first-order chi connectivity index (χ1) is 8.83. The standard InChI is InChI=1S/C11H12N4O2S/c12-5-8-6-14(1-3-17-8)10-9(7-16)15-2-4-18-11(15)13-10/h2,4,8,16H,1,3,6-7H2. The van der Waals surface area contributed by atoms with Gasteiger partial charge in [0.2, 0.25) is 0 Å². The molecule has 2 aromatic heterocycles. The Bertz CT molecular complexity index is 600. The van der Waals surface area contributed by atoms with Gasteiger partial charge in [-0.05, 0) is 0 Å². The predicted octanol–water partition coefficient (Wildman–Crippen LogP) is 0.617. The first-order valence-electron chi connectivity index (χ1n) is 5.65. The summed E-state index contributed by atoms with van der Waals surface area (Å²) in [6.07, 6.45) is 1.47. The third-order valence-corrected chi connectivity index (χ3v) is 3.76. The second-order valence-corrected chi connectivity index (χ2v) is 4.90. The maximum absolute atomic E-state index is 9.50. The third-order valence-electron chi connectivity index (χ3n) is 3.00. The summed E-state index contributed by atoms with van der Waals surface area (Å²) in [5.74, 6) is 0.757. The zero-order valence-corrected chi connectivity index (χ0v) is 10.4. The molecule has 0 radical (unpaired) electrons. The topological polar surface area (TPSA) is 73.8 Å². The molecule has 0 aromatic carbocycles. The van der Waals surface area contributed by atoms with Crippen molar-refractivity contribution in [3.8, 4) is 6.07 Å². The molecule has 0 bridgehead atoms.